The molecule has 1 aliphatic rings. The first kappa shape index (κ1) is 33.9. The highest BCUT2D eigenvalue weighted by Crippen LogP contribution is 2.56. The summed E-state index contributed by atoms with van der Waals surface area (Å²) in [6, 6.07) is 40.0. The van der Waals surface area contributed by atoms with Gasteiger partial charge in [0.25, 0.3) is 11.6 Å². The van der Waals surface area contributed by atoms with Gasteiger partial charge in [-0.15, -0.1) is 0 Å². The number of benzene rings is 5. The molecule has 5 aromatic rings. The topological polar surface area (TPSA) is 50.8 Å². The van der Waals surface area contributed by atoms with Gasteiger partial charge in [0.1, 0.15) is 5.75 Å². The van der Waals surface area contributed by atoms with Gasteiger partial charge in [-0.05, 0) is 53.6 Å². The van der Waals surface area contributed by atoms with Crippen LogP contribution in [0.1, 0.15) is 44.4 Å². The van der Waals surface area contributed by atoms with Gasteiger partial charge in [0.05, 0.1) is 12.2 Å². The van der Waals surface area contributed by atoms with E-state index in [9.17, 15) is 4.79 Å². The molecule has 49 heavy (non-hydrogen) atoms. The summed E-state index contributed by atoms with van der Waals surface area (Å²) < 4.78 is 42.9. The molecule has 0 aromatic heterocycles. The molecule has 0 radical (unpaired) electrons. The normalized spacial score (nSPS) is 16.5. The Morgan fingerprint density at radius 2 is 1.45 bits per heavy atom. The average Bonchev–Trinajstić information content (AvgIpc) is 3.48. The molecular formula is C42H42F2N2O3. The Hall–Kier alpha value is -5.01. The van der Waals surface area contributed by atoms with Gasteiger partial charge in [-0.1, -0.05) is 130 Å². The van der Waals surface area contributed by atoms with Crippen molar-refractivity contribution in [2.75, 3.05) is 18.1 Å². The minimum atomic E-state index is -3.11. The Kier molecular flexibility index (Phi) is 9.57. The summed E-state index contributed by atoms with van der Waals surface area (Å²) in [4.78, 5) is 15.3. The number of rotatable bonds is 12. The summed E-state index contributed by atoms with van der Waals surface area (Å²) in [6.07, 6.45) is 1.22. The number of para-hydroxylation sites is 2. The lowest BCUT2D eigenvalue weighted by molar-refractivity contribution is -0.120. The maximum atomic E-state index is 15.2. The fourth-order valence-corrected chi connectivity index (χ4v) is 6.41. The Morgan fingerprint density at radius 3 is 2.10 bits per heavy atom. The van der Waals surface area contributed by atoms with E-state index >= 15 is 8.78 Å². The van der Waals surface area contributed by atoms with Gasteiger partial charge in [0, 0.05) is 22.9 Å². The first-order valence-electron chi connectivity index (χ1n) is 16.6. The summed E-state index contributed by atoms with van der Waals surface area (Å²) in [5.74, 6) is -2.10. The fraction of sp³-hybridized carbons (Fsp3) is 0.262. The number of halogens is 2. The van der Waals surface area contributed by atoms with E-state index in [-0.39, 0.29) is 11.5 Å². The zero-order valence-electron chi connectivity index (χ0n) is 28.3. The molecule has 0 fully saturated rings. The number of alkyl halides is 2. The van der Waals surface area contributed by atoms with Crippen molar-refractivity contribution < 1.29 is 23.0 Å². The van der Waals surface area contributed by atoms with Crippen LogP contribution in [0.2, 0.25) is 0 Å². The molecule has 5 aromatic carbocycles. The second kappa shape index (κ2) is 13.8. The molecule has 0 saturated carbocycles. The van der Waals surface area contributed by atoms with Crippen molar-refractivity contribution in [2.45, 2.75) is 57.2 Å². The summed E-state index contributed by atoms with van der Waals surface area (Å²) >= 11 is 0. The third kappa shape index (κ3) is 7.08. The zero-order valence-corrected chi connectivity index (χ0v) is 28.3. The van der Waals surface area contributed by atoms with Gasteiger partial charge in [-0.25, -0.2) is 8.78 Å². The van der Waals surface area contributed by atoms with Gasteiger partial charge in [-0.3, -0.25) is 9.69 Å². The monoisotopic (exact) mass is 660 g/mol. The van der Waals surface area contributed by atoms with Crippen LogP contribution in [0.3, 0.4) is 0 Å². The Morgan fingerprint density at radius 1 is 0.837 bits per heavy atom. The highest BCUT2D eigenvalue weighted by molar-refractivity contribution is 5.95. The molecule has 2 atom stereocenters. The quantitative estimate of drug-likeness (QED) is 0.135. The van der Waals surface area contributed by atoms with Crippen LogP contribution in [0.5, 0.6) is 11.5 Å². The highest BCUT2D eigenvalue weighted by atomic mass is 19.3. The number of nitrogens with one attached hydrogen (secondary N) is 1. The predicted molar refractivity (Wildman–Crippen MR) is 192 cm³/mol. The predicted octanol–water partition coefficient (Wildman–Crippen LogP) is 9.47. The number of fused-ring (bicyclic) bond motifs is 1. The average molecular weight is 661 g/mol. The minimum absolute atomic E-state index is 0.241. The molecule has 0 spiro atoms. The van der Waals surface area contributed by atoms with E-state index in [4.69, 9.17) is 9.47 Å². The van der Waals surface area contributed by atoms with Gasteiger partial charge in [0.15, 0.2) is 18.6 Å². The van der Waals surface area contributed by atoms with E-state index in [1.165, 1.54) is 0 Å². The number of aldehydes is 1. The van der Waals surface area contributed by atoms with Crippen molar-refractivity contribution in [3.8, 4) is 22.6 Å². The molecule has 5 nitrogen and oxygen atoms in total. The molecule has 0 aliphatic carbocycles. The Bertz CT molecular complexity index is 1880. The standard InChI is InChI=1S/C42H42F2N2O3/c1-30(45-27-41(43,44)29-48-37-23-15-14-22-36(37)40(2,3)4)26-32-24-25-35(31-16-8-5-9-17-31)38-39(32)49-42(28-47,33-18-10-6-11-19-33)46(38)34-20-12-7-13-21-34/h5-25,28,30,45H,26-27,29H2,1-4H3. The van der Waals surface area contributed by atoms with Gasteiger partial charge < -0.3 is 14.8 Å². The van der Waals surface area contributed by atoms with Gasteiger partial charge in [-0.2, -0.15) is 0 Å². The molecule has 7 heteroatoms. The number of nitrogens with zero attached hydrogens (tertiary/aromatic N) is 1. The van der Waals surface area contributed by atoms with E-state index in [1.807, 2.05) is 148 Å². The zero-order chi connectivity index (χ0) is 34.6. The van der Waals surface area contributed by atoms with Gasteiger partial charge in [0.2, 0.25) is 0 Å². The number of ether oxygens (including phenoxy) is 2. The Labute approximate surface area is 287 Å². The number of hydrogen-bond acceptors (Lipinski definition) is 5. The van der Waals surface area contributed by atoms with Crippen LogP contribution in [0.4, 0.5) is 20.2 Å². The van der Waals surface area contributed by atoms with Crippen molar-refractivity contribution in [3.05, 3.63) is 144 Å². The van der Waals surface area contributed by atoms with E-state index < -0.39 is 24.8 Å². The summed E-state index contributed by atoms with van der Waals surface area (Å²) in [5, 5.41) is 3.03. The van der Waals surface area contributed by atoms with Crippen molar-refractivity contribution >= 4 is 17.7 Å². The van der Waals surface area contributed by atoms with E-state index in [0.717, 1.165) is 39.9 Å². The summed E-state index contributed by atoms with van der Waals surface area (Å²) in [5.41, 5.74) is 4.00. The van der Waals surface area contributed by atoms with Crippen molar-refractivity contribution in [3.63, 3.8) is 0 Å². The molecule has 0 bridgehead atoms. The Balaban J connectivity index is 1.31. The number of hydrogen-bond donors (Lipinski definition) is 1. The maximum Gasteiger partial charge on any atom is 0.293 e. The molecule has 1 heterocycles. The van der Waals surface area contributed by atoms with Crippen LogP contribution < -0.4 is 19.7 Å². The highest BCUT2D eigenvalue weighted by Gasteiger charge is 2.50. The lowest BCUT2D eigenvalue weighted by Gasteiger charge is -2.34. The maximum absolute atomic E-state index is 15.2. The fourth-order valence-electron chi connectivity index (χ4n) is 6.41. The van der Waals surface area contributed by atoms with E-state index in [1.54, 1.807) is 12.1 Å². The number of anilines is 2. The molecule has 252 valence electrons. The SMILES string of the molecule is CC(Cc1ccc(-c2ccccc2)c2c1OC(C=O)(c1ccccc1)N2c1ccccc1)NCC(F)(F)COc1ccccc1C(C)(C)C. The largest absolute Gasteiger partial charge is 0.487 e. The van der Waals surface area contributed by atoms with Crippen LogP contribution in [0.15, 0.2) is 127 Å². The lowest BCUT2D eigenvalue weighted by atomic mass is 9.86. The number of carbonyl (C=O) groups excluding carboxylic acids is 1. The van der Waals surface area contributed by atoms with Crippen LogP contribution in [-0.4, -0.2) is 31.4 Å². The van der Waals surface area contributed by atoms with Crippen LogP contribution >= 0.6 is 0 Å². The smallest absolute Gasteiger partial charge is 0.293 e. The molecule has 0 saturated heterocycles. The van der Waals surface area contributed by atoms with Crippen molar-refractivity contribution in [1.29, 1.82) is 0 Å². The first-order valence-corrected chi connectivity index (χ1v) is 16.6. The third-order valence-electron chi connectivity index (χ3n) is 8.84. The molecule has 0 amide bonds. The van der Waals surface area contributed by atoms with Crippen LogP contribution in [-0.2, 0) is 22.4 Å². The van der Waals surface area contributed by atoms with E-state index in [0.29, 0.717) is 23.5 Å². The molecule has 1 N–H and O–H groups in total. The van der Waals surface area contributed by atoms with E-state index in [2.05, 4.69) is 5.32 Å². The minimum Gasteiger partial charge on any atom is -0.487 e. The van der Waals surface area contributed by atoms with Crippen LogP contribution in [0.25, 0.3) is 11.1 Å². The van der Waals surface area contributed by atoms with Crippen LogP contribution in [0, 0.1) is 0 Å². The lowest BCUT2D eigenvalue weighted by Crippen LogP contribution is -2.46. The summed E-state index contributed by atoms with van der Waals surface area (Å²) in [6.45, 7) is 6.66. The number of carbonyl (C=O) groups is 1. The second-order valence-electron chi connectivity index (χ2n) is 13.6. The molecule has 6 rings (SSSR count). The first-order chi connectivity index (χ1) is 23.5. The molecule has 1 aliphatic heterocycles. The molecular weight excluding hydrogens is 618 g/mol. The van der Waals surface area contributed by atoms with Gasteiger partial charge >= 0.3 is 0 Å². The second-order valence-corrected chi connectivity index (χ2v) is 13.6. The molecule has 2 unspecified atom stereocenters. The third-order valence-corrected chi connectivity index (χ3v) is 8.84. The summed E-state index contributed by atoms with van der Waals surface area (Å²) in [7, 11) is 0. The van der Waals surface area contributed by atoms with Crippen molar-refractivity contribution in [2.24, 2.45) is 0 Å². The van der Waals surface area contributed by atoms with Crippen molar-refractivity contribution in [1.82, 2.24) is 5.32 Å².